The van der Waals surface area contributed by atoms with Crippen LogP contribution in [0, 0.1) is 6.92 Å². The van der Waals surface area contributed by atoms with Gasteiger partial charge in [-0.1, -0.05) is 41.9 Å². The fourth-order valence-corrected chi connectivity index (χ4v) is 3.60. The molecule has 3 aromatic rings. The first kappa shape index (κ1) is 25.3. The third-order valence-corrected chi connectivity index (χ3v) is 5.73. The highest BCUT2D eigenvalue weighted by atomic mass is 35.5. The van der Waals surface area contributed by atoms with Gasteiger partial charge in [-0.15, -0.1) is 0 Å². The van der Waals surface area contributed by atoms with E-state index in [1.54, 1.807) is 37.4 Å². The lowest BCUT2D eigenvalue weighted by Crippen LogP contribution is -2.27. The van der Waals surface area contributed by atoms with Crippen LogP contribution in [-0.4, -0.2) is 30.1 Å². The van der Waals surface area contributed by atoms with E-state index in [0.29, 0.717) is 27.5 Å². The van der Waals surface area contributed by atoms with E-state index in [-0.39, 0.29) is 23.8 Å². The van der Waals surface area contributed by atoms with Crippen LogP contribution < -0.4 is 10.2 Å². The van der Waals surface area contributed by atoms with E-state index in [1.165, 1.54) is 29.2 Å². The van der Waals surface area contributed by atoms with Gasteiger partial charge in [0.2, 0.25) is 5.91 Å². The number of amides is 2. The number of aryl methyl sites for hydroxylation is 1. The third kappa shape index (κ3) is 5.79. The van der Waals surface area contributed by atoms with E-state index in [4.69, 9.17) is 11.6 Å². The number of hydrogen-bond donors (Lipinski definition) is 2. The molecule has 0 aromatic heterocycles. The number of rotatable bonds is 7. The molecule has 3 aromatic carbocycles. The van der Waals surface area contributed by atoms with Crippen molar-refractivity contribution >= 4 is 34.8 Å². The Labute approximate surface area is 202 Å². The van der Waals surface area contributed by atoms with E-state index < -0.39 is 12.0 Å². The molecule has 2 N–H and O–H groups in total. The van der Waals surface area contributed by atoms with Crippen molar-refractivity contribution in [2.24, 2.45) is 0 Å². The van der Waals surface area contributed by atoms with Crippen molar-refractivity contribution < 1.29 is 23.5 Å². The fourth-order valence-electron chi connectivity index (χ4n) is 3.36. The van der Waals surface area contributed by atoms with Crippen molar-refractivity contribution in [2.45, 2.75) is 32.3 Å². The topological polar surface area (TPSA) is 69.6 Å². The van der Waals surface area contributed by atoms with Crippen LogP contribution in [0.4, 0.5) is 20.2 Å². The van der Waals surface area contributed by atoms with Gasteiger partial charge in [0.15, 0.2) is 0 Å². The highest BCUT2D eigenvalue weighted by Gasteiger charge is 2.37. The predicted octanol–water partition coefficient (Wildman–Crippen LogP) is 5.58. The van der Waals surface area contributed by atoms with E-state index in [9.17, 15) is 23.5 Å². The maximum Gasteiger partial charge on any atom is 0.298 e. The zero-order valence-corrected chi connectivity index (χ0v) is 19.7. The smallest absolute Gasteiger partial charge is 0.298 e. The predicted molar refractivity (Wildman–Crippen MR) is 130 cm³/mol. The average molecular weight is 487 g/mol. The molecule has 3 rings (SSSR count). The number of carbonyl (C=O) groups is 2. The van der Waals surface area contributed by atoms with Gasteiger partial charge < -0.3 is 15.3 Å². The summed E-state index contributed by atoms with van der Waals surface area (Å²) in [5.74, 6) is -3.95. The van der Waals surface area contributed by atoms with Crippen molar-refractivity contribution in [3.8, 4) is 0 Å². The van der Waals surface area contributed by atoms with E-state index in [1.807, 2.05) is 19.1 Å². The Balaban J connectivity index is 1.62. The molecule has 2 amide bonds. The summed E-state index contributed by atoms with van der Waals surface area (Å²) >= 11 is 6.23. The molecule has 0 heterocycles. The summed E-state index contributed by atoms with van der Waals surface area (Å²) < 4.78 is 27.7. The summed E-state index contributed by atoms with van der Waals surface area (Å²) in [7, 11) is 1.64. The molecule has 0 aliphatic carbocycles. The minimum atomic E-state index is -3.36. The van der Waals surface area contributed by atoms with Gasteiger partial charge in [0.25, 0.3) is 11.8 Å². The van der Waals surface area contributed by atoms with Gasteiger partial charge in [-0.05, 0) is 61.4 Å². The highest BCUT2D eigenvalue weighted by molar-refractivity contribution is 6.34. The third-order valence-electron chi connectivity index (χ3n) is 5.41. The molecule has 5 nitrogen and oxygen atoms in total. The molecule has 0 saturated heterocycles. The van der Waals surface area contributed by atoms with Crippen LogP contribution in [0.15, 0.2) is 66.7 Å². The Hall–Kier alpha value is -3.29. The van der Waals surface area contributed by atoms with E-state index >= 15 is 0 Å². The lowest BCUT2D eigenvalue weighted by molar-refractivity contribution is -0.115. The Bertz CT molecular complexity index is 1180. The number of hydrogen-bond acceptors (Lipinski definition) is 3. The van der Waals surface area contributed by atoms with Gasteiger partial charge in [0.1, 0.15) is 6.10 Å². The molecule has 1 unspecified atom stereocenters. The van der Waals surface area contributed by atoms with Crippen LogP contribution in [0.5, 0.6) is 0 Å². The number of anilines is 2. The molecule has 178 valence electrons. The van der Waals surface area contributed by atoms with Crippen molar-refractivity contribution in [1.29, 1.82) is 0 Å². The standard InChI is InChI=1S/C26H25ClF2N2O3/c1-16-4-13-22(27)23(14-16)31(3)25(34)19-7-11-21(12-8-19)30-24(33)15-18-5-9-20(10-6-18)26(28,29)17(2)32/h4-14,17,32H,15H2,1-3H3,(H,30,33). The molecular formula is C26H25ClF2N2O3. The van der Waals surface area contributed by atoms with Crippen molar-refractivity contribution in [2.75, 3.05) is 17.3 Å². The Morgan fingerprint density at radius 3 is 2.26 bits per heavy atom. The average Bonchev–Trinajstić information content (AvgIpc) is 2.80. The van der Waals surface area contributed by atoms with E-state index in [2.05, 4.69) is 5.32 Å². The van der Waals surface area contributed by atoms with Crippen LogP contribution in [0.1, 0.15) is 34.0 Å². The minimum absolute atomic E-state index is 0.0180. The lowest BCUT2D eigenvalue weighted by Gasteiger charge is -2.20. The van der Waals surface area contributed by atoms with Gasteiger partial charge in [-0.3, -0.25) is 9.59 Å². The maximum absolute atomic E-state index is 13.9. The Morgan fingerprint density at radius 1 is 1.06 bits per heavy atom. The summed E-state index contributed by atoms with van der Waals surface area (Å²) in [5.41, 5.74) is 2.72. The first-order chi connectivity index (χ1) is 16.0. The largest absolute Gasteiger partial charge is 0.387 e. The first-order valence-corrected chi connectivity index (χ1v) is 11.0. The first-order valence-electron chi connectivity index (χ1n) is 10.6. The summed E-state index contributed by atoms with van der Waals surface area (Å²) in [6, 6.07) is 17.1. The molecule has 0 saturated carbocycles. The Kier molecular flexibility index (Phi) is 7.69. The molecule has 0 aliphatic rings. The van der Waals surface area contributed by atoms with Crippen molar-refractivity contribution in [3.63, 3.8) is 0 Å². The number of benzene rings is 3. The van der Waals surface area contributed by atoms with Gasteiger partial charge in [0, 0.05) is 23.9 Å². The normalized spacial score (nSPS) is 12.2. The van der Waals surface area contributed by atoms with E-state index in [0.717, 1.165) is 12.5 Å². The molecule has 0 radical (unpaired) electrons. The SMILES string of the molecule is Cc1ccc(Cl)c(N(C)C(=O)c2ccc(NC(=O)Cc3ccc(C(F)(F)C(C)O)cc3)cc2)c1. The van der Waals surface area contributed by atoms with Crippen LogP contribution in [0.2, 0.25) is 5.02 Å². The zero-order valence-electron chi connectivity index (χ0n) is 19.0. The number of carbonyl (C=O) groups excluding carboxylic acids is 2. The monoisotopic (exact) mass is 486 g/mol. The quantitative estimate of drug-likeness (QED) is 0.458. The van der Waals surface area contributed by atoms with Crippen LogP contribution >= 0.6 is 11.6 Å². The fraction of sp³-hybridized carbons (Fsp3) is 0.231. The van der Waals surface area contributed by atoms with Gasteiger partial charge in [-0.2, -0.15) is 8.78 Å². The summed E-state index contributed by atoms with van der Waals surface area (Å²) in [5, 5.41) is 12.4. The minimum Gasteiger partial charge on any atom is -0.387 e. The van der Waals surface area contributed by atoms with Crippen molar-refractivity contribution in [1.82, 2.24) is 0 Å². The summed E-state index contributed by atoms with van der Waals surface area (Å²) in [6.07, 6.45) is -1.83. The second-order valence-corrected chi connectivity index (χ2v) is 8.52. The zero-order chi connectivity index (χ0) is 25.0. The number of aliphatic hydroxyl groups excluding tert-OH is 1. The van der Waals surface area contributed by atoms with Crippen molar-refractivity contribution in [3.05, 3.63) is 94.0 Å². The molecule has 34 heavy (non-hydrogen) atoms. The number of aliphatic hydroxyl groups is 1. The molecule has 0 aliphatic heterocycles. The molecule has 0 spiro atoms. The highest BCUT2D eigenvalue weighted by Crippen LogP contribution is 2.32. The maximum atomic E-state index is 13.9. The summed E-state index contributed by atoms with van der Waals surface area (Å²) in [4.78, 5) is 26.7. The number of nitrogens with one attached hydrogen (secondary N) is 1. The number of halogens is 3. The van der Waals surface area contributed by atoms with Gasteiger partial charge in [0.05, 0.1) is 17.1 Å². The Morgan fingerprint density at radius 2 is 1.68 bits per heavy atom. The van der Waals surface area contributed by atoms with Gasteiger partial charge >= 0.3 is 0 Å². The summed E-state index contributed by atoms with van der Waals surface area (Å²) in [6.45, 7) is 2.94. The molecular weight excluding hydrogens is 462 g/mol. The molecule has 8 heteroatoms. The second kappa shape index (κ2) is 10.3. The van der Waals surface area contributed by atoms with Crippen LogP contribution in [0.3, 0.4) is 0 Å². The molecule has 1 atom stereocenters. The second-order valence-electron chi connectivity index (χ2n) is 8.12. The number of alkyl halides is 2. The van der Waals surface area contributed by atoms with Gasteiger partial charge in [-0.25, -0.2) is 0 Å². The lowest BCUT2D eigenvalue weighted by atomic mass is 10.0. The molecule has 0 bridgehead atoms. The molecule has 0 fully saturated rings. The number of nitrogens with zero attached hydrogens (tertiary/aromatic N) is 1. The van der Waals surface area contributed by atoms with Crippen LogP contribution in [0.25, 0.3) is 0 Å². The van der Waals surface area contributed by atoms with Crippen LogP contribution in [-0.2, 0) is 17.1 Å².